The van der Waals surface area contributed by atoms with Crippen LogP contribution in [0, 0.1) is 12.3 Å². The predicted molar refractivity (Wildman–Crippen MR) is 62.1 cm³/mol. The Hall–Kier alpha value is -2.02. The van der Waals surface area contributed by atoms with Gasteiger partial charge in [-0.05, 0) is 37.8 Å². The van der Waals surface area contributed by atoms with Crippen LogP contribution in [0.5, 0.6) is 5.88 Å². The zero-order valence-corrected chi connectivity index (χ0v) is 9.56. The lowest BCUT2D eigenvalue weighted by Crippen LogP contribution is -2.14. The Bertz CT molecular complexity index is 502. The fraction of sp³-hybridized carbons (Fsp3) is 0.385. The standard InChI is InChI=1S/C13H13NO3/c1-3-8(2)17-12-10(13(15)16)7-9-5-4-6-11(9)14-12/h1,7-8H,4-6H2,2H3,(H,15,16). The zero-order valence-electron chi connectivity index (χ0n) is 9.56. The molecule has 1 aromatic heterocycles. The molecule has 4 heteroatoms. The largest absolute Gasteiger partial charge is 0.477 e. The van der Waals surface area contributed by atoms with Crippen LogP contribution in [0.1, 0.15) is 35.0 Å². The van der Waals surface area contributed by atoms with E-state index in [1.54, 1.807) is 13.0 Å². The first-order chi connectivity index (χ1) is 8.11. The van der Waals surface area contributed by atoms with Gasteiger partial charge in [0.1, 0.15) is 5.56 Å². The molecule has 88 valence electrons. The van der Waals surface area contributed by atoms with Crippen molar-refractivity contribution in [3.63, 3.8) is 0 Å². The summed E-state index contributed by atoms with van der Waals surface area (Å²) in [5.41, 5.74) is 2.02. The van der Waals surface area contributed by atoms with Crippen LogP contribution in [0.3, 0.4) is 0 Å². The second-order valence-electron chi connectivity index (χ2n) is 4.03. The molecule has 0 spiro atoms. The molecule has 1 heterocycles. The first-order valence-electron chi connectivity index (χ1n) is 5.50. The lowest BCUT2D eigenvalue weighted by atomic mass is 10.1. The molecular weight excluding hydrogens is 218 g/mol. The van der Waals surface area contributed by atoms with E-state index in [1.807, 2.05) is 0 Å². The van der Waals surface area contributed by atoms with Crippen molar-refractivity contribution in [3.8, 4) is 18.2 Å². The van der Waals surface area contributed by atoms with Gasteiger partial charge in [-0.2, -0.15) is 0 Å². The number of terminal acetylenes is 1. The van der Waals surface area contributed by atoms with E-state index in [9.17, 15) is 4.79 Å². The maximum Gasteiger partial charge on any atom is 0.341 e. The van der Waals surface area contributed by atoms with Crippen molar-refractivity contribution in [2.45, 2.75) is 32.3 Å². The normalized spacial score (nSPS) is 14.8. The Morgan fingerprint density at radius 3 is 3.06 bits per heavy atom. The fourth-order valence-corrected chi connectivity index (χ4v) is 1.90. The number of carbonyl (C=O) groups is 1. The van der Waals surface area contributed by atoms with Gasteiger partial charge in [-0.15, -0.1) is 6.42 Å². The van der Waals surface area contributed by atoms with Gasteiger partial charge in [-0.1, -0.05) is 5.92 Å². The number of carboxylic acid groups (broad SMARTS) is 1. The van der Waals surface area contributed by atoms with E-state index in [0.717, 1.165) is 30.5 Å². The Balaban J connectivity index is 2.42. The number of pyridine rings is 1. The van der Waals surface area contributed by atoms with Gasteiger partial charge in [-0.3, -0.25) is 0 Å². The van der Waals surface area contributed by atoms with E-state index in [1.165, 1.54) is 0 Å². The Morgan fingerprint density at radius 1 is 1.65 bits per heavy atom. The van der Waals surface area contributed by atoms with Gasteiger partial charge >= 0.3 is 5.97 Å². The summed E-state index contributed by atoms with van der Waals surface area (Å²) in [5.74, 6) is 1.48. The first kappa shape index (κ1) is 11.5. The number of aromatic nitrogens is 1. The molecule has 1 N–H and O–H groups in total. The molecule has 2 rings (SSSR count). The molecule has 1 aliphatic rings. The topological polar surface area (TPSA) is 59.4 Å². The smallest absolute Gasteiger partial charge is 0.341 e. The molecule has 1 unspecified atom stereocenters. The van der Waals surface area contributed by atoms with Crippen molar-refractivity contribution in [1.82, 2.24) is 4.98 Å². The minimum Gasteiger partial charge on any atom is -0.477 e. The van der Waals surface area contributed by atoms with E-state index >= 15 is 0 Å². The van der Waals surface area contributed by atoms with Gasteiger partial charge < -0.3 is 9.84 Å². The quantitative estimate of drug-likeness (QED) is 0.804. The predicted octanol–water partition coefficient (Wildman–Crippen LogP) is 1.67. The second kappa shape index (κ2) is 4.46. The average Bonchev–Trinajstić information content (AvgIpc) is 2.74. The molecule has 0 radical (unpaired) electrons. The van der Waals surface area contributed by atoms with Crippen LogP contribution in [0.25, 0.3) is 0 Å². The lowest BCUT2D eigenvalue weighted by Gasteiger charge is -2.12. The summed E-state index contributed by atoms with van der Waals surface area (Å²) in [5, 5.41) is 9.11. The minimum absolute atomic E-state index is 0.0905. The Kier molecular flexibility index (Phi) is 3.01. The summed E-state index contributed by atoms with van der Waals surface area (Å²) in [6, 6.07) is 1.65. The van der Waals surface area contributed by atoms with Crippen LogP contribution >= 0.6 is 0 Å². The Morgan fingerprint density at radius 2 is 2.41 bits per heavy atom. The molecule has 1 aromatic rings. The molecule has 0 aromatic carbocycles. The highest BCUT2D eigenvalue weighted by atomic mass is 16.5. The molecule has 0 amide bonds. The van der Waals surface area contributed by atoms with Gasteiger partial charge in [0.2, 0.25) is 5.88 Å². The van der Waals surface area contributed by atoms with Crippen LogP contribution < -0.4 is 4.74 Å². The highest BCUT2D eigenvalue weighted by Gasteiger charge is 2.21. The summed E-state index contributed by atoms with van der Waals surface area (Å²) in [6.07, 6.45) is 7.49. The molecule has 0 bridgehead atoms. The van der Waals surface area contributed by atoms with Gasteiger partial charge in [0.15, 0.2) is 6.10 Å². The number of rotatable bonds is 3. The maximum absolute atomic E-state index is 11.1. The van der Waals surface area contributed by atoms with Crippen molar-refractivity contribution in [1.29, 1.82) is 0 Å². The minimum atomic E-state index is -1.04. The molecule has 0 saturated carbocycles. The number of carboxylic acids is 1. The maximum atomic E-state index is 11.1. The highest BCUT2D eigenvalue weighted by Crippen LogP contribution is 2.27. The van der Waals surface area contributed by atoms with E-state index in [4.69, 9.17) is 16.3 Å². The third kappa shape index (κ3) is 2.23. The SMILES string of the molecule is C#CC(C)Oc1nc2c(cc1C(=O)O)CCC2. The third-order valence-corrected chi connectivity index (χ3v) is 2.77. The number of nitrogens with zero attached hydrogens (tertiary/aromatic N) is 1. The number of aryl methyl sites for hydroxylation is 2. The molecule has 4 nitrogen and oxygen atoms in total. The van der Waals surface area contributed by atoms with E-state index in [2.05, 4.69) is 10.9 Å². The van der Waals surface area contributed by atoms with Gasteiger partial charge in [0, 0.05) is 5.69 Å². The molecule has 17 heavy (non-hydrogen) atoms. The summed E-state index contributed by atoms with van der Waals surface area (Å²) in [6.45, 7) is 1.68. The summed E-state index contributed by atoms with van der Waals surface area (Å²) in [4.78, 5) is 15.4. The fourth-order valence-electron chi connectivity index (χ4n) is 1.90. The second-order valence-corrected chi connectivity index (χ2v) is 4.03. The molecule has 0 saturated heterocycles. The van der Waals surface area contributed by atoms with E-state index in [-0.39, 0.29) is 11.4 Å². The third-order valence-electron chi connectivity index (χ3n) is 2.77. The summed E-state index contributed by atoms with van der Waals surface area (Å²) >= 11 is 0. The number of ether oxygens (including phenoxy) is 1. The van der Waals surface area contributed by atoms with Crippen LogP contribution in [-0.2, 0) is 12.8 Å². The van der Waals surface area contributed by atoms with Crippen molar-refractivity contribution < 1.29 is 14.6 Å². The highest BCUT2D eigenvalue weighted by molar-refractivity contribution is 5.90. The number of fused-ring (bicyclic) bond motifs is 1. The summed E-state index contributed by atoms with van der Waals surface area (Å²) in [7, 11) is 0. The zero-order chi connectivity index (χ0) is 12.4. The molecular formula is C13H13NO3. The average molecular weight is 231 g/mol. The van der Waals surface area contributed by atoms with Crippen LogP contribution in [0.4, 0.5) is 0 Å². The Labute approximate surface area is 99.6 Å². The van der Waals surface area contributed by atoms with E-state index in [0.29, 0.717) is 0 Å². The van der Waals surface area contributed by atoms with Crippen LogP contribution in [-0.4, -0.2) is 22.2 Å². The van der Waals surface area contributed by atoms with Gasteiger partial charge in [0.05, 0.1) is 0 Å². The van der Waals surface area contributed by atoms with E-state index < -0.39 is 12.1 Å². The van der Waals surface area contributed by atoms with Crippen LogP contribution in [0.2, 0.25) is 0 Å². The van der Waals surface area contributed by atoms with Gasteiger partial charge in [0.25, 0.3) is 0 Å². The lowest BCUT2D eigenvalue weighted by molar-refractivity contribution is 0.0690. The van der Waals surface area contributed by atoms with Crippen LogP contribution in [0.15, 0.2) is 6.07 Å². The molecule has 0 aliphatic heterocycles. The summed E-state index contributed by atoms with van der Waals surface area (Å²) < 4.78 is 5.35. The molecule has 1 aliphatic carbocycles. The van der Waals surface area contributed by atoms with Gasteiger partial charge in [-0.25, -0.2) is 9.78 Å². The number of hydrogen-bond donors (Lipinski definition) is 1. The van der Waals surface area contributed by atoms with Crippen molar-refractivity contribution in [2.24, 2.45) is 0 Å². The molecule has 1 atom stereocenters. The monoisotopic (exact) mass is 231 g/mol. The van der Waals surface area contributed by atoms with Crippen molar-refractivity contribution in [2.75, 3.05) is 0 Å². The number of aromatic carboxylic acids is 1. The van der Waals surface area contributed by atoms with Crippen molar-refractivity contribution >= 4 is 5.97 Å². The molecule has 0 fully saturated rings. The first-order valence-corrected chi connectivity index (χ1v) is 5.50. The number of hydrogen-bond acceptors (Lipinski definition) is 3. The van der Waals surface area contributed by atoms with Crippen molar-refractivity contribution in [3.05, 3.63) is 22.9 Å².